The molecule has 0 rings (SSSR count). The fraction of sp³-hybridized carbons (Fsp3) is 0.375. The van der Waals surface area contributed by atoms with Crippen LogP contribution in [-0.4, -0.2) is 25.0 Å². The Morgan fingerprint density at radius 3 is 2.33 bits per heavy atom. The highest BCUT2D eigenvalue weighted by molar-refractivity contribution is 5.94. The molecule has 0 aromatic heterocycles. The molecule has 0 aromatic carbocycles. The van der Waals surface area contributed by atoms with Crippen molar-refractivity contribution in [2.75, 3.05) is 7.11 Å². The summed E-state index contributed by atoms with van der Waals surface area (Å²) in [6.07, 6.45) is -5.43. The van der Waals surface area contributed by atoms with E-state index in [-0.39, 0.29) is 0 Å². The van der Waals surface area contributed by atoms with E-state index in [4.69, 9.17) is 5.26 Å². The number of carbonyl (C=O) groups excluding carboxylic acids is 2. The second-order valence-corrected chi connectivity index (χ2v) is 2.35. The molecule has 0 fully saturated rings. The van der Waals surface area contributed by atoms with E-state index in [1.807, 2.05) is 0 Å². The van der Waals surface area contributed by atoms with Crippen molar-refractivity contribution in [1.82, 2.24) is 0 Å². The Morgan fingerprint density at radius 1 is 1.47 bits per heavy atom. The van der Waals surface area contributed by atoms with Gasteiger partial charge in [0.2, 0.25) is 5.78 Å². The number of nitrogens with zero attached hydrogens (tertiary/aromatic N) is 1. The first-order chi connectivity index (χ1) is 6.82. The zero-order chi connectivity index (χ0) is 12.1. The molecule has 0 aliphatic heterocycles. The number of allylic oxidation sites excluding steroid dienone is 1. The molecule has 7 heteroatoms. The minimum absolute atomic E-state index is 0.585. The van der Waals surface area contributed by atoms with Crippen molar-refractivity contribution >= 4 is 11.8 Å². The summed E-state index contributed by atoms with van der Waals surface area (Å²) in [5.41, 5.74) is -0.630. The maximum absolute atomic E-state index is 11.7. The highest BCUT2D eigenvalue weighted by Gasteiger charge is 2.37. The summed E-state index contributed by atoms with van der Waals surface area (Å²) >= 11 is 0. The van der Waals surface area contributed by atoms with Gasteiger partial charge in [-0.25, -0.2) is 4.79 Å². The van der Waals surface area contributed by atoms with Crippen molar-refractivity contribution in [2.45, 2.75) is 12.6 Å². The molecule has 0 radical (unpaired) electrons. The Labute approximate surface area is 82.9 Å². The van der Waals surface area contributed by atoms with Crippen LogP contribution < -0.4 is 0 Å². The first kappa shape index (κ1) is 13.2. The van der Waals surface area contributed by atoms with Crippen molar-refractivity contribution in [3.63, 3.8) is 0 Å². The van der Waals surface area contributed by atoms with E-state index in [2.05, 4.69) is 4.74 Å². The molecule has 0 saturated carbocycles. The standard InChI is InChI=1S/C8H6F3NO3/c1-15-7(14)5(4-12)2-3-6(13)8(9,10)11/h2H,3H2,1H3/b5-2+. The first-order valence-electron chi connectivity index (χ1n) is 3.61. The number of hydrogen-bond donors (Lipinski definition) is 0. The van der Waals surface area contributed by atoms with E-state index in [9.17, 15) is 22.8 Å². The normalized spacial score (nSPS) is 11.8. The van der Waals surface area contributed by atoms with Gasteiger partial charge >= 0.3 is 12.1 Å². The number of ether oxygens (including phenoxy) is 1. The number of rotatable bonds is 3. The summed E-state index contributed by atoms with van der Waals surface area (Å²) < 4.78 is 39.2. The van der Waals surface area contributed by atoms with Crippen LogP contribution >= 0.6 is 0 Å². The van der Waals surface area contributed by atoms with Crippen LogP contribution in [0.4, 0.5) is 13.2 Å². The molecule has 0 aliphatic rings. The average Bonchev–Trinajstić information content (AvgIpc) is 2.16. The van der Waals surface area contributed by atoms with Crippen molar-refractivity contribution in [2.24, 2.45) is 0 Å². The Balaban J connectivity index is 4.59. The molecule has 0 aliphatic carbocycles. The van der Waals surface area contributed by atoms with Gasteiger partial charge in [0.15, 0.2) is 0 Å². The van der Waals surface area contributed by atoms with Crippen LogP contribution in [0.25, 0.3) is 0 Å². The van der Waals surface area contributed by atoms with Gasteiger partial charge < -0.3 is 4.74 Å². The summed E-state index contributed by atoms with van der Waals surface area (Å²) in [5, 5.41) is 8.33. The summed E-state index contributed by atoms with van der Waals surface area (Å²) in [6.45, 7) is 0. The predicted octanol–water partition coefficient (Wildman–Crippen LogP) is 1.13. The van der Waals surface area contributed by atoms with Crippen LogP contribution in [-0.2, 0) is 14.3 Å². The lowest BCUT2D eigenvalue weighted by atomic mass is 10.2. The number of Topliss-reactive ketones (excluding diaryl/α,β-unsaturated/α-hetero) is 1. The van der Waals surface area contributed by atoms with Crippen LogP contribution in [0.3, 0.4) is 0 Å². The van der Waals surface area contributed by atoms with Gasteiger partial charge in [-0.15, -0.1) is 0 Å². The van der Waals surface area contributed by atoms with Crippen LogP contribution in [0.1, 0.15) is 6.42 Å². The Bertz CT molecular complexity index is 338. The van der Waals surface area contributed by atoms with E-state index >= 15 is 0 Å². The maximum atomic E-state index is 11.7. The molecule has 0 atom stereocenters. The van der Waals surface area contributed by atoms with Gasteiger partial charge in [0, 0.05) is 6.42 Å². The second-order valence-electron chi connectivity index (χ2n) is 2.35. The number of carbonyl (C=O) groups is 2. The number of alkyl halides is 3. The van der Waals surface area contributed by atoms with Gasteiger partial charge in [-0.1, -0.05) is 6.08 Å². The van der Waals surface area contributed by atoms with Gasteiger partial charge in [0.05, 0.1) is 7.11 Å². The molecular weight excluding hydrogens is 215 g/mol. The van der Waals surface area contributed by atoms with Crippen LogP contribution in [0.15, 0.2) is 11.6 Å². The predicted molar refractivity (Wildman–Crippen MR) is 41.4 cm³/mol. The molecule has 0 N–H and O–H groups in total. The minimum atomic E-state index is -4.97. The van der Waals surface area contributed by atoms with Crippen molar-refractivity contribution < 1.29 is 27.5 Å². The number of hydrogen-bond acceptors (Lipinski definition) is 4. The number of halogens is 3. The van der Waals surface area contributed by atoms with E-state index in [1.165, 1.54) is 6.07 Å². The van der Waals surface area contributed by atoms with Crippen LogP contribution in [0.2, 0.25) is 0 Å². The maximum Gasteiger partial charge on any atom is 0.450 e. The van der Waals surface area contributed by atoms with Gasteiger partial charge in [0.25, 0.3) is 0 Å². The Hall–Kier alpha value is -1.84. The highest BCUT2D eigenvalue weighted by Crippen LogP contribution is 2.18. The molecular formula is C8H6F3NO3. The third-order valence-electron chi connectivity index (χ3n) is 1.33. The lowest BCUT2D eigenvalue weighted by Gasteiger charge is -2.01. The molecule has 0 saturated heterocycles. The summed E-state index contributed by atoms with van der Waals surface area (Å²) in [4.78, 5) is 21.1. The molecule has 0 spiro atoms. The number of nitriles is 1. The second kappa shape index (κ2) is 5.14. The molecule has 0 bridgehead atoms. The molecule has 0 amide bonds. The molecule has 15 heavy (non-hydrogen) atoms. The van der Waals surface area contributed by atoms with Gasteiger partial charge in [-0.3, -0.25) is 4.79 Å². The molecule has 0 aromatic rings. The van der Waals surface area contributed by atoms with Crippen molar-refractivity contribution in [3.05, 3.63) is 11.6 Å². The average molecular weight is 221 g/mol. The largest absolute Gasteiger partial charge is 0.465 e. The van der Waals surface area contributed by atoms with E-state index in [0.29, 0.717) is 6.08 Å². The van der Waals surface area contributed by atoms with Crippen molar-refractivity contribution in [3.8, 4) is 6.07 Å². The topological polar surface area (TPSA) is 67.2 Å². The summed E-state index contributed by atoms with van der Waals surface area (Å²) in [6, 6.07) is 1.33. The van der Waals surface area contributed by atoms with Crippen LogP contribution in [0, 0.1) is 11.3 Å². The number of methoxy groups -OCH3 is 1. The van der Waals surface area contributed by atoms with E-state index < -0.39 is 29.9 Å². The number of ketones is 1. The quantitative estimate of drug-likeness (QED) is 0.407. The SMILES string of the molecule is COC(=O)/C(C#N)=C/CC(=O)C(F)(F)F. The Kier molecular flexibility index (Phi) is 4.51. The molecule has 4 nitrogen and oxygen atoms in total. The fourth-order valence-electron chi connectivity index (χ4n) is 0.595. The summed E-state index contributed by atoms with van der Waals surface area (Å²) in [7, 11) is 0.971. The van der Waals surface area contributed by atoms with Gasteiger partial charge in [-0.2, -0.15) is 18.4 Å². The zero-order valence-electron chi connectivity index (χ0n) is 7.59. The molecule has 0 heterocycles. The summed E-state index contributed by atoms with van der Waals surface area (Å²) in [5.74, 6) is -3.10. The lowest BCUT2D eigenvalue weighted by molar-refractivity contribution is -0.170. The molecule has 0 unspecified atom stereocenters. The van der Waals surface area contributed by atoms with Gasteiger partial charge in [-0.05, 0) is 0 Å². The van der Waals surface area contributed by atoms with Crippen molar-refractivity contribution in [1.29, 1.82) is 5.26 Å². The Morgan fingerprint density at radius 2 is 2.00 bits per heavy atom. The first-order valence-corrected chi connectivity index (χ1v) is 3.61. The minimum Gasteiger partial charge on any atom is -0.465 e. The highest BCUT2D eigenvalue weighted by atomic mass is 19.4. The monoisotopic (exact) mass is 221 g/mol. The van der Waals surface area contributed by atoms with E-state index in [0.717, 1.165) is 7.11 Å². The number of esters is 1. The van der Waals surface area contributed by atoms with E-state index in [1.54, 1.807) is 0 Å². The third kappa shape index (κ3) is 4.26. The fourth-order valence-corrected chi connectivity index (χ4v) is 0.595. The third-order valence-corrected chi connectivity index (χ3v) is 1.33. The molecule has 82 valence electrons. The zero-order valence-corrected chi connectivity index (χ0v) is 7.59. The lowest BCUT2D eigenvalue weighted by Crippen LogP contribution is -2.21. The van der Waals surface area contributed by atoms with Gasteiger partial charge in [0.1, 0.15) is 11.6 Å². The van der Waals surface area contributed by atoms with Crippen LogP contribution in [0.5, 0.6) is 0 Å². The smallest absolute Gasteiger partial charge is 0.450 e.